The van der Waals surface area contributed by atoms with Crippen LogP contribution in [0.15, 0.2) is 12.4 Å². The minimum Gasteiger partial charge on any atom is -0.379 e. The molecule has 1 amide bonds. The molecule has 2 heterocycles. The van der Waals surface area contributed by atoms with Crippen molar-refractivity contribution < 1.29 is 9.53 Å². The number of hydrogen-bond acceptors (Lipinski definition) is 5. The molecule has 1 saturated heterocycles. The highest BCUT2D eigenvalue weighted by Crippen LogP contribution is 2.14. The van der Waals surface area contributed by atoms with Crippen molar-refractivity contribution in [2.24, 2.45) is 0 Å². The van der Waals surface area contributed by atoms with Gasteiger partial charge in [-0.1, -0.05) is 0 Å². The molecule has 6 nitrogen and oxygen atoms in total. The van der Waals surface area contributed by atoms with E-state index in [1.807, 2.05) is 13.8 Å². The van der Waals surface area contributed by atoms with E-state index < -0.39 is 0 Å². The van der Waals surface area contributed by atoms with Crippen molar-refractivity contribution >= 4 is 11.9 Å². The lowest BCUT2D eigenvalue weighted by atomic mass is 10.3. The molecular formula is C15H24N4O2. The molecule has 6 heteroatoms. The molecule has 1 fully saturated rings. The van der Waals surface area contributed by atoms with Crippen molar-refractivity contribution in [1.82, 2.24) is 15.3 Å². The number of aromatic nitrogens is 2. The van der Waals surface area contributed by atoms with Gasteiger partial charge in [0.1, 0.15) is 0 Å². The van der Waals surface area contributed by atoms with Gasteiger partial charge in [-0.2, -0.15) is 0 Å². The number of nitrogens with zero attached hydrogens (tertiary/aromatic N) is 3. The van der Waals surface area contributed by atoms with Gasteiger partial charge in [-0.15, -0.1) is 0 Å². The molecule has 0 radical (unpaired) electrons. The summed E-state index contributed by atoms with van der Waals surface area (Å²) < 4.78 is 5.42. The highest BCUT2D eigenvalue weighted by molar-refractivity contribution is 5.93. The van der Waals surface area contributed by atoms with E-state index in [0.29, 0.717) is 18.7 Å². The largest absolute Gasteiger partial charge is 0.379 e. The maximum absolute atomic E-state index is 11.9. The summed E-state index contributed by atoms with van der Waals surface area (Å²) >= 11 is 0. The Morgan fingerprint density at radius 1 is 1.33 bits per heavy atom. The molecule has 0 unspecified atom stereocenters. The molecule has 1 aliphatic rings. The van der Waals surface area contributed by atoms with Crippen molar-refractivity contribution in [2.75, 3.05) is 31.1 Å². The number of ether oxygens (including phenoxy) is 1. The van der Waals surface area contributed by atoms with Crippen LogP contribution in [-0.4, -0.2) is 48.2 Å². The van der Waals surface area contributed by atoms with Crippen molar-refractivity contribution in [3.05, 3.63) is 18.0 Å². The Balaban J connectivity index is 1.74. The minimum absolute atomic E-state index is 0.132. The van der Waals surface area contributed by atoms with Crippen LogP contribution < -0.4 is 10.2 Å². The molecular weight excluding hydrogens is 268 g/mol. The van der Waals surface area contributed by atoms with Crippen molar-refractivity contribution in [2.45, 2.75) is 39.2 Å². The molecule has 1 aromatic heterocycles. The number of anilines is 1. The molecule has 0 atom stereocenters. The first-order chi connectivity index (χ1) is 10.2. The van der Waals surface area contributed by atoms with Gasteiger partial charge in [0.05, 0.1) is 11.7 Å². The number of rotatable bonds is 7. The molecule has 0 bridgehead atoms. The predicted molar refractivity (Wildman–Crippen MR) is 81.5 cm³/mol. The smallest absolute Gasteiger partial charge is 0.254 e. The molecule has 2 rings (SSSR count). The lowest BCUT2D eigenvalue weighted by Gasteiger charge is -2.14. The maximum atomic E-state index is 11.9. The van der Waals surface area contributed by atoms with E-state index in [1.54, 1.807) is 12.4 Å². The second-order valence-corrected chi connectivity index (χ2v) is 5.49. The van der Waals surface area contributed by atoms with Crippen LogP contribution in [0.2, 0.25) is 0 Å². The van der Waals surface area contributed by atoms with Crippen LogP contribution >= 0.6 is 0 Å². The summed E-state index contributed by atoms with van der Waals surface area (Å²) in [6.07, 6.45) is 6.60. The Morgan fingerprint density at radius 3 is 2.62 bits per heavy atom. The van der Waals surface area contributed by atoms with Gasteiger partial charge >= 0.3 is 0 Å². The van der Waals surface area contributed by atoms with Gasteiger partial charge in [-0.05, 0) is 33.1 Å². The monoisotopic (exact) mass is 292 g/mol. The average molecular weight is 292 g/mol. The van der Waals surface area contributed by atoms with Crippen LogP contribution in [0.4, 0.5) is 5.95 Å². The van der Waals surface area contributed by atoms with Gasteiger partial charge in [0.2, 0.25) is 5.95 Å². The lowest BCUT2D eigenvalue weighted by Crippen LogP contribution is -2.26. The van der Waals surface area contributed by atoms with Crippen LogP contribution in [0.5, 0.6) is 0 Å². The quantitative estimate of drug-likeness (QED) is 0.774. The summed E-state index contributed by atoms with van der Waals surface area (Å²) in [6, 6.07) is 0. The van der Waals surface area contributed by atoms with Gasteiger partial charge in [-0.25, -0.2) is 9.97 Å². The van der Waals surface area contributed by atoms with Crippen LogP contribution in [0.1, 0.15) is 43.5 Å². The van der Waals surface area contributed by atoms with Gasteiger partial charge < -0.3 is 15.0 Å². The third-order valence-corrected chi connectivity index (χ3v) is 3.35. The first-order valence-corrected chi connectivity index (χ1v) is 7.63. The summed E-state index contributed by atoms with van der Waals surface area (Å²) in [6.45, 7) is 7.25. The van der Waals surface area contributed by atoms with Gasteiger partial charge in [0.15, 0.2) is 0 Å². The Morgan fingerprint density at radius 2 is 2.00 bits per heavy atom. The Kier molecular flexibility index (Phi) is 5.92. The fraction of sp³-hybridized carbons (Fsp3) is 0.667. The maximum Gasteiger partial charge on any atom is 0.254 e. The van der Waals surface area contributed by atoms with E-state index in [9.17, 15) is 4.79 Å². The second-order valence-electron chi connectivity index (χ2n) is 5.49. The van der Waals surface area contributed by atoms with E-state index >= 15 is 0 Å². The summed E-state index contributed by atoms with van der Waals surface area (Å²) in [5.41, 5.74) is 0.503. The number of carbonyl (C=O) groups excluding carboxylic acids is 1. The molecule has 21 heavy (non-hydrogen) atoms. The number of hydrogen-bond donors (Lipinski definition) is 1. The van der Waals surface area contributed by atoms with Crippen molar-refractivity contribution in [3.8, 4) is 0 Å². The van der Waals surface area contributed by atoms with E-state index in [2.05, 4.69) is 20.2 Å². The third kappa shape index (κ3) is 4.97. The molecule has 0 spiro atoms. The number of carbonyl (C=O) groups is 1. The average Bonchev–Trinajstić information content (AvgIpc) is 3.01. The van der Waals surface area contributed by atoms with Gasteiger partial charge in [0.25, 0.3) is 5.91 Å². The van der Waals surface area contributed by atoms with Crippen LogP contribution in [0, 0.1) is 0 Å². The zero-order chi connectivity index (χ0) is 15.1. The minimum atomic E-state index is -0.132. The highest BCUT2D eigenvalue weighted by Gasteiger charge is 2.15. The summed E-state index contributed by atoms with van der Waals surface area (Å²) in [4.78, 5) is 22.6. The second kappa shape index (κ2) is 7.93. The predicted octanol–water partition coefficient (Wildman–Crippen LogP) is 1.62. The number of nitrogens with one attached hydrogen (secondary N) is 1. The molecule has 0 aliphatic carbocycles. The van der Waals surface area contributed by atoms with E-state index in [4.69, 9.17) is 4.74 Å². The van der Waals surface area contributed by atoms with E-state index in [0.717, 1.165) is 25.5 Å². The SMILES string of the molecule is CC(C)OCCCNC(=O)c1cnc(N2CCCC2)nc1. The summed E-state index contributed by atoms with van der Waals surface area (Å²) in [7, 11) is 0. The molecule has 116 valence electrons. The Hall–Kier alpha value is -1.69. The molecule has 0 aromatic carbocycles. The first kappa shape index (κ1) is 15.7. The van der Waals surface area contributed by atoms with Crippen molar-refractivity contribution in [1.29, 1.82) is 0 Å². The normalized spacial score (nSPS) is 14.7. The van der Waals surface area contributed by atoms with E-state index in [1.165, 1.54) is 12.8 Å². The third-order valence-electron chi connectivity index (χ3n) is 3.35. The first-order valence-electron chi connectivity index (χ1n) is 7.63. The summed E-state index contributed by atoms with van der Waals surface area (Å²) in [5, 5.41) is 2.85. The van der Waals surface area contributed by atoms with Crippen LogP contribution in [-0.2, 0) is 4.74 Å². The van der Waals surface area contributed by atoms with Gasteiger partial charge in [0, 0.05) is 38.6 Å². The molecule has 0 saturated carbocycles. The fourth-order valence-corrected chi connectivity index (χ4v) is 2.21. The summed E-state index contributed by atoms with van der Waals surface area (Å²) in [5.74, 6) is 0.585. The Labute approximate surface area is 125 Å². The van der Waals surface area contributed by atoms with E-state index in [-0.39, 0.29) is 12.0 Å². The zero-order valence-electron chi connectivity index (χ0n) is 12.8. The van der Waals surface area contributed by atoms with Crippen molar-refractivity contribution in [3.63, 3.8) is 0 Å². The Bertz CT molecular complexity index is 441. The fourth-order valence-electron chi connectivity index (χ4n) is 2.21. The van der Waals surface area contributed by atoms with Crippen LogP contribution in [0.3, 0.4) is 0 Å². The molecule has 1 aromatic rings. The molecule has 1 aliphatic heterocycles. The standard InChI is InChI=1S/C15H24N4O2/c1-12(2)21-9-5-6-16-14(20)13-10-17-15(18-11-13)19-7-3-4-8-19/h10-12H,3-9H2,1-2H3,(H,16,20). The molecule has 1 N–H and O–H groups in total. The lowest BCUT2D eigenvalue weighted by molar-refractivity contribution is 0.0757. The number of amides is 1. The van der Waals surface area contributed by atoms with Crippen LogP contribution in [0.25, 0.3) is 0 Å². The zero-order valence-corrected chi connectivity index (χ0v) is 12.8. The van der Waals surface area contributed by atoms with Gasteiger partial charge in [-0.3, -0.25) is 4.79 Å². The topological polar surface area (TPSA) is 67.3 Å². The highest BCUT2D eigenvalue weighted by atomic mass is 16.5.